The number of nitrogens with zero attached hydrogens (tertiary/aromatic N) is 1. The van der Waals surface area contributed by atoms with Gasteiger partial charge in [-0.05, 0) is 25.5 Å². The number of aromatic nitrogens is 1. The quantitative estimate of drug-likeness (QED) is 0.776. The van der Waals surface area contributed by atoms with Gasteiger partial charge >= 0.3 is 6.61 Å². The fourth-order valence-electron chi connectivity index (χ4n) is 1.93. The summed E-state index contributed by atoms with van der Waals surface area (Å²) in [5, 5.41) is 4.77. The minimum atomic E-state index is -2.91. The number of thiazole rings is 1. The number of rotatable bonds is 6. The van der Waals surface area contributed by atoms with E-state index in [2.05, 4.69) is 15.0 Å². The number of para-hydroxylation sites is 1. The van der Waals surface area contributed by atoms with Gasteiger partial charge in [0.15, 0.2) is 5.13 Å². The highest BCUT2D eigenvalue weighted by Gasteiger charge is 2.14. The van der Waals surface area contributed by atoms with Gasteiger partial charge in [-0.15, -0.1) is 11.3 Å². The molecular formula is C16H16F2N2O2S. The van der Waals surface area contributed by atoms with E-state index >= 15 is 0 Å². The molecule has 0 saturated carbocycles. The summed E-state index contributed by atoms with van der Waals surface area (Å²) in [6, 6.07) is 6.41. The van der Waals surface area contributed by atoms with Crippen molar-refractivity contribution in [3.63, 3.8) is 0 Å². The number of alkyl halides is 2. The van der Waals surface area contributed by atoms with Crippen LogP contribution in [-0.2, 0) is 4.79 Å². The lowest BCUT2D eigenvalue weighted by atomic mass is 10.1. The van der Waals surface area contributed by atoms with E-state index in [1.165, 1.54) is 17.4 Å². The molecule has 4 nitrogen and oxygen atoms in total. The number of amides is 1. The van der Waals surface area contributed by atoms with Gasteiger partial charge in [0.25, 0.3) is 5.91 Å². The Kier molecular flexibility index (Phi) is 5.81. The molecule has 23 heavy (non-hydrogen) atoms. The van der Waals surface area contributed by atoms with Crippen LogP contribution < -0.4 is 10.1 Å². The maximum Gasteiger partial charge on any atom is 0.387 e. The second kappa shape index (κ2) is 7.82. The summed E-state index contributed by atoms with van der Waals surface area (Å²) in [5.74, 6) is -0.183. The van der Waals surface area contributed by atoms with Crippen molar-refractivity contribution in [3.05, 3.63) is 41.3 Å². The van der Waals surface area contributed by atoms with Gasteiger partial charge in [0.2, 0.25) is 0 Å². The summed E-state index contributed by atoms with van der Waals surface area (Å²) in [6.45, 7) is 0.757. The van der Waals surface area contributed by atoms with Gasteiger partial charge in [-0.2, -0.15) is 8.78 Å². The molecular weight excluding hydrogens is 322 g/mol. The summed E-state index contributed by atoms with van der Waals surface area (Å²) >= 11 is 1.22. The van der Waals surface area contributed by atoms with E-state index in [0.717, 1.165) is 6.42 Å². The molecule has 1 aromatic carbocycles. The molecule has 1 N–H and O–H groups in total. The zero-order valence-corrected chi connectivity index (χ0v) is 13.5. The molecule has 0 radical (unpaired) electrons. The van der Waals surface area contributed by atoms with Crippen LogP contribution in [0.2, 0.25) is 0 Å². The van der Waals surface area contributed by atoms with Crippen LogP contribution in [-0.4, -0.2) is 17.5 Å². The summed E-state index contributed by atoms with van der Waals surface area (Å²) in [6.07, 6.45) is 2.58. The molecule has 0 unspecified atom stereocenters. The zero-order chi connectivity index (χ0) is 16.8. The third kappa shape index (κ3) is 4.59. The standard InChI is InChI=1S/C16H16F2N2O2S/c1-3-6-10(2)14(21)20-16-19-12(9-23-16)11-7-4-5-8-13(11)22-15(17)18/h4-9,15H,3H2,1-2H3,(H,19,20,21)/b10-6+. The number of allylic oxidation sites excluding steroid dienone is 1. The molecule has 0 spiro atoms. The number of nitrogens with one attached hydrogen (secondary N) is 1. The monoisotopic (exact) mass is 338 g/mol. The predicted molar refractivity (Wildman–Crippen MR) is 86.9 cm³/mol. The van der Waals surface area contributed by atoms with Gasteiger partial charge in [0.1, 0.15) is 5.75 Å². The number of halogens is 2. The van der Waals surface area contributed by atoms with Crippen molar-refractivity contribution in [3.8, 4) is 17.0 Å². The van der Waals surface area contributed by atoms with Crippen LogP contribution in [0.4, 0.5) is 13.9 Å². The van der Waals surface area contributed by atoms with Gasteiger partial charge in [-0.3, -0.25) is 10.1 Å². The Morgan fingerprint density at radius 2 is 2.17 bits per heavy atom. The van der Waals surface area contributed by atoms with Crippen LogP contribution in [0.3, 0.4) is 0 Å². The normalized spacial score (nSPS) is 11.6. The third-order valence-electron chi connectivity index (χ3n) is 2.97. The molecule has 0 bridgehead atoms. The Morgan fingerprint density at radius 3 is 2.87 bits per heavy atom. The summed E-state index contributed by atoms with van der Waals surface area (Å²) < 4.78 is 29.4. The predicted octanol–water partition coefficient (Wildman–Crippen LogP) is 4.71. The third-order valence-corrected chi connectivity index (χ3v) is 3.73. The average Bonchev–Trinajstić information content (AvgIpc) is 2.95. The maximum atomic E-state index is 12.5. The number of hydrogen-bond donors (Lipinski definition) is 1. The Bertz CT molecular complexity index is 714. The van der Waals surface area contributed by atoms with Gasteiger partial charge < -0.3 is 4.74 Å². The van der Waals surface area contributed by atoms with Crippen LogP contribution >= 0.6 is 11.3 Å². The molecule has 1 aromatic heterocycles. The highest BCUT2D eigenvalue weighted by atomic mass is 32.1. The number of hydrogen-bond acceptors (Lipinski definition) is 4. The lowest BCUT2D eigenvalue weighted by molar-refractivity contribution is -0.112. The highest BCUT2D eigenvalue weighted by molar-refractivity contribution is 7.14. The van der Waals surface area contributed by atoms with Gasteiger partial charge in [0, 0.05) is 16.5 Å². The van der Waals surface area contributed by atoms with E-state index < -0.39 is 6.61 Å². The van der Waals surface area contributed by atoms with Crippen molar-refractivity contribution >= 4 is 22.4 Å². The van der Waals surface area contributed by atoms with E-state index in [1.54, 1.807) is 30.5 Å². The van der Waals surface area contributed by atoms with Crippen molar-refractivity contribution in [1.82, 2.24) is 4.98 Å². The molecule has 0 fully saturated rings. The average molecular weight is 338 g/mol. The molecule has 0 atom stereocenters. The van der Waals surface area contributed by atoms with Gasteiger partial charge in [-0.1, -0.05) is 25.1 Å². The van der Waals surface area contributed by atoms with Crippen molar-refractivity contribution in [2.24, 2.45) is 0 Å². The van der Waals surface area contributed by atoms with E-state index in [1.807, 2.05) is 13.0 Å². The molecule has 1 amide bonds. The van der Waals surface area contributed by atoms with Crippen molar-refractivity contribution in [2.75, 3.05) is 5.32 Å². The number of carbonyl (C=O) groups is 1. The molecule has 0 aliphatic rings. The molecule has 0 saturated heterocycles. The number of benzene rings is 1. The first kappa shape index (κ1) is 17.1. The van der Waals surface area contributed by atoms with Crippen molar-refractivity contribution in [1.29, 1.82) is 0 Å². The largest absolute Gasteiger partial charge is 0.434 e. The molecule has 2 rings (SSSR count). The van der Waals surface area contributed by atoms with E-state index in [0.29, 0.717) is 22.0 Å². The van der Waals surface area contributed by atoms with Crippen LogP contribution in [0.5, 0.6) is 5.75 Å². The molecule has 1 heterocycles. The lowest BCUT2D eigenvalue weighted by Crippen LogP contribution is -2.12. The SMILES string of the molecule is CC/C=C(\C)C(=O)Nc1nc(-c2ccccc2OC(F)F)cs1. The number of ether oxygens (including phenoxy) is 1. The van der Waals surface area contributed by atoms with E-state index in [9.17, 15) is 13.6 Å². The second-order valence-corrected chi connectivity index (χ2v) is 5.52. The number of carbonyl (C=O) groups excluding carboxylic acids is 1. The van der Waals surface area contributed by atoms with Crippen LogP contribution in [0.25, 0.3) is 11.3 Å². The van der Waals surface area contributed by atoms with Crippen LogP contribution in [0.15, 0.2) is 41.3 Å². The Hall–Kier alpha value is -2.28. The van der Waals surface area contributed by atoms with Gasteiger partial charge in [0.05, 0.1) is 5.69 Å². The molecule has 2 aromatic rings. The van der Waals surface area contributed by atoms with Crippen LogP contribution in [0, 0.1) is 0 Å². The maximum absolute atomic E-state index is 12.5. The summed E-state index contributed by atoms with van der Waals surface area (Å²) in [5.41, 5.74) is 1.52. The van der Waals surface area contributed by atoms with Crippen molar-refractivity contribution < 1.29 is 18.3 Å². The second-order valence-electron chi connectivity index (χ2n) is 4.66. The molecule has 122 valence electrons. The fourth-order valence-corrected chi connectivity index (χ4v) is 2.63. The first-order valence-electron chi connectivity index (χ1n) is 6.99. The topological polar surface area (TPSA) is 51.2 Å². The Labute approximate surface area is 136 Å². The first-order chi connectivity index (χ1) is 11.0. The highest BCUT2D eigenvalue weighted by Crippen LogP contribution is 2.33. The smallest absolute Gasteiger partial charge is 0.387 e. The van der Waals surface area contributed by atoms with Crippen LogP contribution in [0.1, 0.15) is 20.3 Å². The Morgan fingerprint density at radius 1 is 1.43 bits per heavy atom. The zero-order valence-electron chi connectivity index (χ0n) is 12.7. The van der Waals surface area contributed by atoms with E-state index in [4.69, 9.17) is 0 Å². The lowest BCUT2D eigenvalue weighted by Gasteiger charge is -2.08. The number of anilines is 1. The summed E-state index contributed by atoms with van der Waals surface area (Å²) in [7, 11) is 0. The minimum absolute atomic E-state index is 0.0488. The molecule has 0 aliphatic carbocycles. The van der Waals surface area contributed by atoms with Gasteiger partial charge in [-0.25, -0.2) is 4.98 Å². The van der Waals surface area contributed by atoms with E-state index in [-0.39, 0.29) is 11.7 Å². The minimum Gasteiger partial charge on any atom is -0.434 e. The fraction of sp³-hybridized carbons (Fsp3) is 0.250. The molecule has 7 heteroatoms. The molecule has 0 aliphatic heterocycles. The Balaban J connectivity index is 2.20. The first-order valence-corrected chi connectivity index (χ1v) is 7.87. The summed E-state index contributed by atoms with van der Waals surface area (Å²) in [4.78, 5) is 16.2. The van der Waals surface area contributed by atoms with Crippen molar-refractivity contribution in [2.45, 2.75) is 26.9 Å².